The van der Waals surface area contributed by atoms with Gasteiger partial charge < -0.3 is 16.0 Å². The van der Waals surface area contributed by atoms with Gasteiger partial charge in [0, 0.05) is 28.9 Å². The number of carbonyl (C=O) groups excluding carboxylic acids is 2. The van der Waals surface area contributed by atoms with E-state index in [-0.39, 0.29) is 17.3 Å². The summed E-state index contributed by atoms with van der Waals surface area (Å²) in [6.07, 6.45) is 1.79. The zero-order valence-electron chi connectivity index (χ0n) is 14.3. The van der Waals surface area contributed by atoms with Gasteiger partial charge in [-0.05, 0) is 49.6 Å². The van der Waals surface area contributed by atoms with E-state index in [4.69, 9.17) is 17.3 Å². The lowest BCUT2D eigenvalue weighted by molar-refractivity contribution is 0.0996. The van der Waals surface area contributed by atoms with Gasteiger partial charge in [0.05, 0.1) is 5.56 Å². The van der Waals surface area contributed by atoms with Crippen LogP contribution in [-0.2, 0) is 6.42 Å². The number of nitrogens with zero attached hydrogens (tertiary/aromatic N) is 1. The fourth-order valence-corrected chi connectivity index (χ4v) is 3.51. The highest BCUT2D eigenvalue weighted by Gasteiger charge is 2.30. The Morgan fingerprint density at radius 3 is 2.67 bits per heavy atom. The number of likely N-dealkylation sites (tertiary alicyclic amines) is 1. The van der Waals surface area contributed by atoms with Crippen LogP contribution >= 0.6 is 11.6 Å². The van der Waals surface area contributed by atoms with E-state index in [1.165, 1.54) is 24.3 Å². The molecule has 8 heteroatoms. The second-order valence-corrected chi connectivity index (χ2v) is 6.79. The van der Waals surface area contributed by atoms with E-state index >= 15 is 0 Å². The number of nitrogens with one attached hydrogen (secondary N) is 1. The number of hydrogen-bond acceptors (Lipinski definition) is 2. The van der Waals surface area contributed by atoms with Gasteiger partial charge in [0.25, 0.3) is 5.91 Å². The van der Waals surface area contributed by atoms with Crippen molar-refractivity contribution < 1.29 is 18.4 Å². The third-order valence-electron chi connectivity index (χ3n) is 4.63. The van der Waals surface area contributed by atoms with Gasteiger partial charge in [0.1, 0.15) is 11.6 Å². The van der Waals surface area contributed by atoms with Crippen molar-refractivity contribution in [2.24, 2.45) is 5.73 Å². The van der Waals surface area contributed by atoms with Crippen LogP contribution in [0.2, 0.25) is 5.02 Å². The van der Waals surface area contributed by atoms with Crippen molar-refractivity contribution in [3.63, 3.8) is 0 Å². The van der Waals surface area contributed by atoms with Crippen molar-refractivity contribution in [3.05, 3.63) is 64.2 Å². The summed E-state index contributed by atoms with van der Waals surface area (Å²) in [5.74, 6) is -2.10. The van der Waals surface area contributed by atoms with E-state index in [0.29, 0.717) is 30.0 Å². The summed E-state index contributed by atoms with van der Waals surface area (Å²) in [4.78, 5) is 25.3. The minimum atomic E-state index is -0.883. The molecule has 0 bridgehead atoms. The second-order valence-electron chi connectivity index (χ2n) is 6.38. The van der Waals surface area contributed by atoms with Crippen LogP contribution in [0.15, 0.2) is 36.4 Å². The number of urea groups is 1. The van der Waals surface area contributed by atoms with E-state index in [1.807, 2.05) is 0 Å². The molecule has 1 unspecified atom stereocenters. The molecule has 0 saturated carbocycles. The van der Waals surface area contributed by atoms with E-state index in [0.717, 1.165) is 12.5 Å². The van der Waals surface area contributed by atoms with Crippen LogP contribution in [0.1, 0.15) is 28.8 Å². The Kier molecular flexibility index (Phi) is 5.60. The van der Waals surface area contributed by atoms with Gasteiger partial charge in [0.15, 0.2) is 0 Å². The first-order chi connectivity index (χ1) is 12.9. The number of rotatable bonds is 4. The molecule has 2 aromatic carbocycles. The highest BCUT2D eigenvalue weighted by Crippen LogP contribution is 2.27. The largest absolute Gasteiger partial charge is 0.366 e. The SMILES string of the molecule is NC(=O)c1ccc(NC(=O)N2CCCC2Cc2c(F)cccc2Cl)cc1F. The van der Waals surface area contributed by atoms with Crippen LogP contribution in [0.5, 0.6) is 0 Å². The molecule has 142 valence electrons. The monoisotopic (exact) mass is 393 g/mol. The van der Waals surface area contributed by atoms with Gasteiger partial charge in [-0.3, -0.25) is 4.79 Å². The van der Waals surface area contributed by atoms with Crippen molar-refractivity contribution in [1.29, 1.82) is 0 Å². The first-order valence-corrected chi connectivity index (χ1v) is 8.84. The van der Waals surface area contributed by atoms with Gasteiger partial charge in [-0.15, -0.1) is 0 Å². The molecule has 1 saturated heterocycles. The average molecular weight is 394 g/mol. The topological polar surface area (TPSA) is 75.4 Å². The summed E-state index contributed by atoms with van der Waals surface area (Å²) in [5.41, 5.74) is 5.40. The summed E-state index contributed by atoms with van der Waals surface area (Å²) in [6, 6.07) is 7.51. The average Bonchev–Trinajstić information content (AvgIpc) is 3.06. The number of halogens is 3. The van der Waals surface area contributed by atoms with Crippen LogP contribution in [0.3, 0.4) is 0 Å². The Balaban J connectivity index is 1.72. The standard InChI is InChI=1S/C19H18ClF2N3O2/c20-15-4-1-5-16(21)14(15)10-12-3-2-8-25(12)19(27)24-11-6-7-13(18(23)26)17(22)9-11/h1,4-7,9,12H,2-3,8,10H2,(H2,23,26)(H,24,27). The lowest BCUT2D eigenvalue weighted by atomic mass is 10.0. The molecule has 5 nitrogen and oxygen atoms in total. The predicted molar refractivity (Wildman–Crippen MR) is 98.8 cm³/mol. The number of hydrogen-bond donors (Lipinski definition) is 2. The molecule has 3 amide bonds. The fourth-order valence-electron chi connectivity index (χ4n) is 3.27. The third kappa shape index (κ3) is 4.19. The van der Waals surface area contributed by atoms with Crippen molar-refractivity contribution in [3.8, 4) is 0 Å². The fraction of sp³-hybridized carbons (Fsp3) is 0.263. The zero-order valence-corrected chi connectivity index (χ0v) is 15.1. The summed E-state index contributed by atoms with van der Waals surface area (Å²) < 4.78 is 27.9. The van der Waals surface area contributed by atoms with E-state index in [2.05, 4.69) is 5.32 Å². The molecule has 1 fully saturated rings. The molecular formula is C19H18ClF2N3O2. The van der Waals surface area contributed by atoms with E-state index < -0.39 is 23.6 Å². The van der Waals surface area contributed by atoms with Crippen molar-refractivity contribution >= 4 is 29.2 Å². The molecule has 1 aliphatic rings. The molecule has 2 aromatic rings. The molecule has 3 N–H and O–H groups in total. The van der Waals surface area contributed by atoms with Crippen LogP contribution in [0, 0.1) is 11.6 Å². The number of benzene rings is 2. The molecule has 0 spiro atoms. The molecule has 1 heterocycles. The highest BCUT2D eigenvalue weighted by atomic mass is 35.5. The smallest absolute Gasteiger partial charge is 0.322 e. The van der Waals surface area contributed by atoms with E-state index in [1.54, 1.807) is 11.0 Å². The summed E-state index contributed by atoms with van der Waals surface area (Å²) in [5, 5.41) is 2.93. The predicted octanol–water partition coefficient (Wildman–Crippen LogP) is 3.96. The lowest BCUT2D eigenvalue weighted by Crippen LogP contribution is -2.40. The minimum Gasteiger partial charge on any atom is -0.366 e. The lowest BCUT2D eigenvalue weighted by Gasteiger charge is -2.25. The molecule has 1 aliphatic heterocycles. The van der Waals surface area contributed by atoms with Crippen molar-refractivity contribution in [1.82, 2.24) is 4.90 Å². The van der Waals surface area contributed by atoms with Gasteiger partial charge in [0.2, 0.25) is 0 Å². The van der Waals surface area contributed by atoms with Gasteiger partial charge in [-0.1, -0.05) is 17.7 Å². The molecular weight excluding hydrogens is 376 g/mol. The Hall–Kier alpha value is -2.67. The normalized spacial score (nSPS) is 16.4. The molecule has 1 atom stereocenters. The van der Waals surface area contributed by atoms with Crippen molar-refractivity contribution in [2.45, 2.75) is 25.3 Å². The van der Waals surface area contributed by atoms with E-state index in [9.17, 15) is 18.4 Å². The second kappa shape index (κ2) is 7.92. The maximum Gasteiger partial charge on any atom is 0.322 e. The number of anilines is 1. The Morgan fingerprint density at radius 2 is 2.00 bits per heavy atom. The first kappa shape index (κ1) is 19.1. The quantitative estimate of drug-likeness (QED) is 0.825. The first-order valence-electron chi connectivity index (χ1n) is 8.46. The van der Waals surface area contributed by atoms with Gasteiger partial charge in [-0.2, -0.15) is 0 Å². The number of nitrogens with two attached hydrogens (primary N) is 1. The van der Waals surface area contributed by atoms with Crippen LogP contribution in [0.25, 0.3) is 0 Å². The Labute approximate surface area is 160 Å². The van der Waals surface area contributed by atoms with Crippen LogP contribution in [0.4, 0.5) is 19.3 Å². The third-order valence-corrected chi connectivity index (χ3v) is 4.98. The molecule has 0 aromatic heterocycles. The maximum absolute atomic E-state index is 14.0. The summed E-state index contributed by atoms with van der Waals surface area (Å²) in [7, 11) is 0. The summed E-state index contributed by atoms with van der Waals surface area (Å²) >= 11 is 6.08. The number of primary amides is 1. The maximum atomic E-state index is 14.0. The molecule has 0 radical (unpaired) electrons. The summed E-state index contributed by atoms with van der Waals surface area (Å²) in [6.45, 7) is 0.504. The van der Waals surface area contributed by atoms with Crippen LogP contribution < -0.4 is 11.1 Å². The molecule has 0 aliphatic carbocycles. The Bertz CT molecular complexity index is 871. The van der Waals surface area contributed by atoms with Crippen molar-refractivity contribution in [2.75, 3.05) is 11.9 Å². The van der Waals surface area contributed by atoms with Crippen LogP contribution in [-0.4, -0.2) is 29.4 Å². The highest BCUT2D eigenvalue weighted by molar-refractivity contribution is 6.31. The molecule has 27 heavy (non-hydrogen) atoms. The van der Waals surface area contributed by atoms with Gasteiger partial charge >= 0.3 is 6.03 Å². The minimum absolute atomic E-state index is 0.206. The number of carbonyl (C=O) groups is 2. The number of amides is 3. The zero-order chi connectivity index (χ0) is 19.6. The van der Waals surface area contributed by atoms with Gasteiger partial charge in [-0.25, -0.2) is 13.6 Å². The Morgan fingerprint density at radius 1 is 1.22 bits per heavy atom. The molecule has 3 rings (SSSR count).